The molecule has 0 unspecified atom stereocenters. The van der Waals surface area contributed by atoms with Gasteiger partial charge in [-0.05, 0) is 146 Å². The van der Waals surface area contributed by atoms with E-state index in [9.17, 15) is 0 Å². The van der Waals surface area contributed by atoms with Gasteiger partial charge in [0.2, 0.25) is 0 Å². The van der Waals surface area contributed by atoms with Crippen LogP contribution in [0.1, 0.15) is 22.3 Å². The summed E-state index contributed by atoms with van der Waals surface area (Å²) in [5, 5.41) is 13.1. The van der Waals surface area contributed by atoms with Gasteiger partial charge in [0.05, 0.1) is 56.9 Å². The Labute approximate surface area is 406 Å². The standard InChI is InChI=1S/C62H52O8/c1-63-49-29-25-37(33-53(49)67-5)57(38-26-30-50(64-2)54(34-38)68-6)59-41-17-9-13-21-45(41)61(46-22-14-10-18-42(46)59)62-47-23-15-11-19-43(47)60(44-20-12-16-24-48(44)62)58(39-27-31-51(65-3)55(35-39)69-7)40-28-32-52(66-4)56(36-40)70-8/h9-36H,1-8H3. The highest BCUT2D eigenvalue weighted by Gasteiger charge is 2.21. The molecule has 0 aliphatic carbocycles. The SMILES string of the molecule is COc1ccc(C(c2ccc(OC)c(OC)c2)=c2c3ccccc3c(=c3c4ccccc4c(=C(c4ccc(OC)c(OC)c4)c4ccc(OC)c(OC)c4)c4ccccc34)c3ccccc23)cc1OC. The summed E-state index contributed by atoms with van der Waals surface area (Å²) >= 11 is 0. The number of hydrogen-bond acceptors (Lipinski definition) is 8. The second-order valence-corrected chi connectivity index (χ2v) is 16.7. The first-order chi connectivity index (χ1) is 34.4. The monoisotopic (exact) mass is 924 g/mol. The molecule has 0 spiro atoms. The van der Waals surface area contributed by atoms with Gasteiger partial charge in [0, 0.05) is 0 Å². The van der Waals surface area contributed by atoms with Crippen LogP contribution in [0.2, 0.25) is 0 Å². The Bertz CT molecular complexity index is 3400. The Morgan fingerprint density at radius 1 is 0.229 bits per heavy atom. The van der Waals surface area contributed by atoms with Crippen molar-refractivity contribution in [3.05, 3.63) is 213 Å². The highest BCUT2D eigenvalue weighted by Crippen LogP contribution is 2.40. The van der Waals surface area contributed by atoms with Crippen LogP contribution < -0.4 is 48.3 Å². The van der Waals surface area contributed by atoms with E-state index in [-0.39, 0.29) is 0 Å². The molecule has 0 aromatic heterocycles. The molecule has 10 rings (SSSR count). The predicted molar refractivity (Wildman–Crippen MR) is 281 cm³/mol. The fraction of sp³-hybridized carbons (Fsp3) is 0.129. The average molecular weight is 925 g/mol. The first-order valence-electron chi connectivity index (χ1n) is 22.9. The van der Waals surface area contributed by atoms with Gasteiger partial charge < -0.3 is 37.9 Å². The minimum atomic E-state index is 0.624. The summed E-state index contributed by atoms with van der Waals surface area (Å²) in [6.45, 7) is 0. The number of fused-ring (bicyclic) bond motifs is 4. The normalized spacial score (nSPS) is 11.1. The van der Waals surface area contributed by atoms with Gasteiger partial charge in [0.25, 0.3) is 0 Å². The summed E-state index contributed by atoms with van der Waals surface area (Å²) < 4.78 is 46.7. The van der Waals surface area contributed by atoms with E-state index < -0.39 is 0 Å². The maximum atomic E-state index is 5.93. The maximum absolute atomic E-state index is 5.93. The van der Waals surface area contributed by atoms with Crippen LogP contribution in [-0.2, 0) is 0 Å². The molecular weight excluding hydrogens is 873 g/mol. The fourth-order valence-corrected chi connectivity index (χ4v) is 10.2. The van der Waals surface area contributed by atoms with Crippen molar-refractivity contribution in [3.8, 4) is 46.0 Å². The largest absolute Gasteiger partial charge is 0.493 e. The van der Waals surface area contributed by atoms with E-state index >= 15 is 0 Å². The molecule has 0 amide bonds. The minimum absolute atomic E-state index is 0.624. The Kier molecular flexibility index (Phi) is 12.4. The van der Waals surface area contributed by atoms with E-state index in [2.05, 4.69) is 121 Å². The first kappa shape index (κ1) is 45.2. The molecule has 0 bridgehead atoms. The summed E-state index contributed by atoms with van der Waals surface area (Å²) in [5.41, 5.74) is 5.77. The zero-order valence-corrected chi connectivity index (χ0v) is 40.4. The molecule has 8 heteroatoms. The second-order valence-electron chi connectivity index (χ2n) is 16.7. The third-order valence-electron chi connectivity index (χ3n) is 13.3. The van der Waals surface area contributed by atoms with Gasteiger partial charge in [-0.2, -0.15) is 0 Å². The number of rotatable bonds is 12. The van der Waals surface area contributed by atoms with Crippen LogP contribution in [-0.4, -0.2) is 56.9 Å². The molecule has 0 N–H and O–H groups in total. The van der Waals surface area contributed by atoms with Crippen molar-refractivity contribution in [2.45, 2.75) is 0 Å². The Morgan fingerprint density at radius 3 is 0.629 bits per heavy atom. The van der Waals surface area contributed by atoms with E-state index in [4.69, 9.17) is 37.9 Å². The summed E-state index contributed by atoms with van der Waals surface area (Å²) in [7, 11) is 13.3. The quantitative estimate of drug-likeness (QED) is 0.112. The number of hydrogen-bond donors (Lipinski definition) is 0. The minimum Gasteiger partial charge on any atom is -0.493 e. The van der Waals surface area contributed by atoms with Crippen molar-refractivity contribution in [2.24, 2.45) is 0 Å². The molecule has 10 aromatic carbocycles. The lowest BCUT2D eigenvalue weighted by Gasteiger charge is -2.19. The first-order valence-corrected chi connectivity index (χ1v) is 22.9. The van der Waals surface area contributed by atoms with Gasteiger partial charge in [-0.15, -0.1) is 0 Å². The Hall–Kier alpha value is -8.62. The molecule has 0 aliphatic heterocycles. The zero-order chi connectivity index (χ0) is 48.5. The smallest absolute Gasteiger partial charge is 0.161 e. The van der Waals surface area contributed by atoms with Gasteiger partial charge >= 0.3 is 0 Å². The zero-order valence-electron chi connectivity index (χ0n) is 40.4. The molecular formula is C62H52O8. The number of methoxy groups -OCH3 is 8. The van der Waals surface area contributed by atoms with Crippen molar-refractivity contribution < 1.29 is 37.9 Å². The lowest BCUT2D eigenvalue weighted by Crippen LogP contribution is -2.14. The molecule has 0 aliphatic rings. The van der Waals surface area contributed by atoms with Gasteiger partial charge in [-0.1, -0.05) is 121 Å². The Balaban J connectivity index is 1.48. The van der Waals surface area contributed by atoms with Gasteiger partial charge in [-0.3, -0.25) is 0 Å². The van der Waals surface area contributed by atoms with Crippen molar-refractivity contribution in [1.29, 1.82) is 0 Å². The van der Waals surface area contributed by atoms with Crippen molar-refractivity contribution in [1.82, 2.24) is 0 Å². The molecule has 0 fully saturated rings. The van der Waals surface area contributed by atoms with E-state index in [0.717, 1.165) is 97.4 Å². The van der Waals surface area contributed by atoms with Crippen molar-refractivity contribution in [3.63, 3.8) is 0 Å². The molecule has 348 valence electrons. The molecule has 0 saturated heterocycles. The van der Waals surface area contributed by atoms with Crippen LogP contribution in [0.25, 0.3) is 54.2 Å². The van der Waals surface area contributed by atoms with E-state index in [0.29, 0.717) is 46.0 Å². The number of ether oxygens (including phenoxy) is 8. The molecule has 0 heterocycles. The summed E-state index contributed by atoms with van der Waals surface area (Å²) in [4.78, 5) is 0. The van der Waals surface area contributed by atoms with Crippen molar-refractivity contribution >= 4 is 54.2 Å². The molecule has 70 heavy (non-hydrogen) atoms. The van der Waals surface area contributed by atoms with Gasteiger partial charge in [0.15, 0.2) is 46.0 Å². The van der Waals surface area contributed by atoms with Crippen LogP contribution in [0, 0.1) is 10.4 Å². The fourth-order valence-electron chi connectivity index (χ4n) is 10.2. The van der Waals surface area contributed by atoms with Crippen molar-refractivity contribution in [2.75, 3.05) is 56.9 Å². The Morgan fingerprint density at radius 2 is 0.429 bits per heavy atom. The van der Waals surface area contributed by atoms with Crippen LogP contribution in [0.4, 0.5) is 0 Å². The average Bonchev–Trinajstić information content (AvgIpc) is 3.42. The molecule has 10 aromatic rings. The topological polar surface area (TPSA) is 73.8 Å². The summed E-state index contributed by atoms with van der Waals surface area (Å²) in [5.74, 6) is 5.06. The molecule has 8 nitrogen and oxygen atoms in total. The summed E-state index contributed by atoms with van der Waals surface area (Å²) in [6.07, 6.45) is 0. The van der Waals surface area contributed by atoms with Crippen LogP contribution in [0.15, 0.2) is 170 Å². The van der Waals surface area contributed by atoms with E-state index in [1.807, 2.05) is 48.5 Å². The number of benzene rings is 10. The highest BCUT2D eigenvalue weighted by molar-refractivity contribution is 6.09. The molecule has 0 radical (unpaired) electrons. The third kappa shape index (κ3) is 7.58. The van der Waals surface area contributed by atoms with Crippen LogP contribution in [0.3, 0.4) is 0 Å². The van der Waals surface area contributed by atoms with Crippen LogP contribution in [0.5, 0.6) is 46.0 Å². The third-order valence-corrected chi connectivity index (χ3v) is 13.3. The highest BCUT2D eigenvalue weighted by atomic mass is 16.5. The van der Waals surface area contributed by atoms with E-state index in [1.54, 1.807) is 56.9 Å². The lowest BCUT2D eigenvalue weighted by molar-refractivity contribution is 0.354. The maximum Gasteiger partial charge on any atom is 0.161 e. The lowest BCUT2D eigenvalue weighted by atomic mass is 9.86. The van der Waals surface area contributed by atoms with Gasteiger partial charge in [-0.25, -0.2) is 0 Å². The molecule has 0 atom stereocenters. The summed E-state index contributed by atoms with van der Waals surface area (Å²) in [6, 6.07) is 59.4. The van der Waals surface area contributed by atoms with Crippen LogP contribution >= 0.6 is 0 Å². The second kappa shape index (κ2) is 19.2. The molecule has 0 saturated carbocycles. The van der Waals surface area contributed by atoms with E-state index in [1.165, 1.54) is 0 Å². The van der Waals surface area contributed by atoms with Gasteiger partial charge in [0.1, 0.15) is 0 Å². The predicted octanol–water partition coefficient (Wildman–Crippen LogP) is 12.1.